The lowest BCUT2D eigenvalue weighted by molar-refractivity contribution is -0.137. The molecule has 3 rings (SSSR count). The van der Waals surface area contributed by atoms with Crippen molar-refractivity contribution < 1.29 is 33.9 Å². The number of nitrogens with one attached hydrogen (secondary N) is 6. The van der Waals surface area contributed by atoms with Gasteiger partial charge in [0.2, 0.25) is 35.4 Å². The zero-order chi connectivity index (χ0) is 41.4. The molecular formula is C42H63N7O7. The fourth-order valence-electron chi connectivity index (χ4n) is 6.58. The van der Waals surface area contributed by atoms with Gasteiger partial charge in [-0.3, -0.25) is 28.8 Å². The predicted octanol–water partition coefficient (Wildman–Crippen LogP) is 2.37. The third-order valence-electron chi connectivity index (χ3n) is 10.4. The van der Waals surface area contributed by atoms with E-state index in [1.165, 1.54) is 12.1 Å². The second-order valence-electron chi connectivity index (χ2n) is 15.5. The molecule has 8 atom stereocenters. The molecule has 9 N–H and O–H groups in total. The van der Waals surface area contributed by atoms with E-state index >= 15 is 0 Å². The monoisotopic (exact) mass is 777 g/mol. The van der Waals surface area contributed by atoms with Gasteiger partial charge in [0, 0.05) is 12.8 Å². The summed E-state index contributed by atoms with van der Waals surface area (Å²) in [5, 5.41) is 27.0. The number of unbranched alkanes of at least 4 members (excludes halogenated alkanes) is 1. The number of phenols is 1. The SMILES string of the molecule is CCC(C)C1NC(=O)C(CC(C)C)NC(=O)C(C(C)CC)NC(=O)C(Cc2ccccc2)NC(=O)C(CCCCN)NC(=O)C(Cc2ccc(O)cc2)NC1=O. The molecule has 2 aromatic rings. The first-order valence-electron chi connectivity index (χ1n) is 20.0. The van der Waals surface area contributed by atoms with Gasteiger partial charge in [0.25, 0.3) is 0 Å². The Morgan fingerprint density at radius 1 is 0.554 bits per heavy atom. The summed E-state index contributed by atoms with van der Waals surface area (Å²) < 4.78 is 0. The predicted molar refractivity (Wildman–Crippen MR) is 215 cm³/mol. The zero-order valence-corrected chi connectivity index (χ0v) is 33.7. The smallest absolute Gasteiger partial charge is 0.243 e. The van der Waals surface area contributed by atoms with Crippen molar-refractivity contribution in [3.63, 3.8) is 0 Å². The third kappa shape index (κ3) is 13.9. The van der Waals surface area contributed by atoms with Crippen LogP contribution in [0.3, 0.4) is 0 Å². The number of benzene rings is 2. The average molecular weight is 778 g/mol. The highest BCUT2D eigenvalue weighted by Gasteiger charge is 2.37. The van der Waals surface area contributed by atoms with Crippen LogP contribution >= 0.6 is 0 Å². The van der Waals surface area contributed by atoms with Gasteiger partial charge in [0.15, 0.2) is 0 Å². The Morgan fingerprint density at radius 2 is 0.982 bits per heavy atom. The van der Waals surface area contributed by atoms with E-state index in [4.69, 9.17) is 5.73 Å². The molecule has 308 valence electrons. The second-order valence-corrected chi connectivity index (χ2v) is 15.5. The number of carbonyl (C=O) groups is 6. The van der Waals surface area contributed by atoms with Gasteiger partial charge in [-0.15, -0.1) is 0 Å². The molecule has 0 spiro atoms. The highest BCUT2D eigenvalue weighted by Crippen LogP contribution is 2.17. The Morgan fingerprint density at radius 3 is 1.48 bits per heavy atom. The van der Waals surface area contributed by atoms with E-state index in [0.717, 1.165) is 5.56 Å². The maximum atomic E-state index is 14.2. The van der Waals surface area contributed by atoms with Crippen LogP contribution in [0, 0.1) is 17.8 Å². The largest absolute Gasteiger partial charge is 0.508 e. The number of aromatic hydroxyl groups is 1. The van der Waals surface area contributed by atoms with E-state index in [1.54, 1.807) is 19.1 Å². The van der Waals surface area contributed by atoms with Crippen LogP contribution < -0.4 is 37.6 Å². The minimum absolute atomic E-state index is 0.00175. The van der Waals surface area contributed by atoms with E-state index in [2.05, 4.69) is 31.9 Å². The van der Waals surface area contributed by atoms with Gasteiger partial charge in [-0.05, 0) is 73.2 Å². The Bertz CT molecular complexity index is 1600. The molecular weight excluding hydrogens is 715 g/mol. The van der Waals surface area contributed by atoms with Gasteiger partial charge < -0.3 is 42.7 Å². The highest BCUT2D eigenvalue weighted by molar-refractivity contribution is 5.98. The normalized spacial score (nSPS) is 24.4. The Hall–Kier alpha value is -4.98. The van der Waals surface area contributed by atoms with Crippen LogP contribution in [0.15, 0.2) is 54.6 Å². The number of amides is 6. The van der Waals surface area contributed by atoms with Crippen LogP contribution in [0.5, 0.6) is 5.75 Å². The Labute approximate surface area is 331 Å². The molecule has 14 heteroatoms. The van der Waals surface area contributed by atoms with Crippen molar-refractivity contribution in [3.8, 4) is 5.75 Å². The van der Waals surface area contributed by atoms with E-state index in [1.807, 2.05) is 65.0 Å². The first-order chi connectivity index (χ1) is 26.7. The number of hydrogen-bond donors (Lipinski definition) is 8. The van der Waals surface area contributed by atoms with Crippen LogP contribution in [-0.2, 0) is 41.6 Å². The third-order valence-corrected chi connectivity index (χ3v) is 10.4. The molecule has 1 saturated heterocycles. The van der Waals surface area contributed by atoms with Crippen LogP contribution in [-0.4, -0.2) is 83.3 Å². The molecule has 2 aromatic carbocycles. The van der Waals surface area contributed by atoms with Crippen LogP contribution in [0.25, 0.3) is 0 Å². The summed E-state index contributed by atoms with van der Waals surface area (Å²) in [6, 6.07) is 8.64. The quantitative estimate of drug-likeness (QED) is 0.133. The van der Waals surface area contributed by atoms with Crippen molar-refractivity contribution in [1.82, 2.24) is 31.9 Å². The summed E-state index contributed by atoms with van der Waals surface area (Å²) in [6.07, 6.45) is 2.60. The summed E-state index contributed by atoms with van der Waals surface area (Å²) in [7, 11) is 0. The van der Waals surface area contributed by atoms with Crippen molar-refractivity contribution >= 4 is 35.4 Å². The van der Waals surface area contributed by atoms with E-state index < -0.39 is 71.7 Å². The fraction of sp³-hybridized carbons (Fsp3) is 0.571. The molecule has 8 unspecified atom stereocenters. The van der Waals surface area contributed by atoms with Crippen molar-refractivity contribution in [3.05, 3.63) is 65.7 Å². The summed E-state index contributed by atoms with van der Waals surface area (Å²) >= 11 is 0. The molecule has 0 bridgehead atoms. The molecule has 1 fully saturated rings. The number of carbonyl (C=O) groups excluding carboxylic acids is 6. The van der Waals surface area contributed by atoms with Gasteiger partial charge in [-0.2, -0.15) is 0 Å². The van der Waals surface area contributed by atoms with Crippen LogP contribution in [0.1, 0.15) is 91.2 Å². The number of phenolic OH excluding ortho intramolecular Hbond substituents is 1. The zero-order valence-electron chi connectivity index (χ0n) is 33.7. The van der Waals surface area contributed by atoms with E-state index in [-0.39, 0.29) is 49.2 Å². The molecule has 56 heavy (non-hydrogen) atoms. The number of hydrogen-bond acceptors (Lipinski definition) is 8. The summed E-state index contributed by atoms with van der Waals surface area (Å²) in [5.74, 6) is -4.35. The molecule has 0 aromatic heterocycles. The van der Waals surface area contributed by atoms with E-state index in [0.29, 0.717) is 37.8 Å². The minimum atomic E-state index is -1.20. The topological polar surface area (TPSA) is 221 Å². The summed E-state index contributed by atoms with van der Waals surface area (Å²) in [5.41, 5.74) is 7.14. The van der Waals surface area contributed by atoms with Crippen molar-refractivity contribution in [2.75, 3.05) is 6.54 Å². The molecule has 0 radical (unpaired) electrons. The fourth-order valence-corrected chi connectivity index (χ4v) is 6.58. The Balaban J connectivity index is 2.16. The second kappa shape index (κ2) is 22.5. The van der Waals surface area contributed by atoms with Gasteiger partial charge in [-0.25, -0.2) is 0 Å². The van der Waals surface area contributed by atoms with Gasteiger partial charge in [0.1, 0.15) is 42.0 Å². The lowest BCUT2D eigenvalue weighted by Gasteiger charge is -2.32. The van der Waals surface area contributed by atoms with Crippen molar-refractivity contribution in [2.45, 2.75) is 129 Å². The first kappa shape index (κ1) is 45.4. The molecule has 1 heterocycles. The molecule has 6 amide bonds. The average Bonchev–Trinajstić information content (AvgIpc) is 3.17. The summed E-state index contributed by atoms with van der Waals surface area (Å²) in [6.45, 7) is 11.6. The minimum Gasteiger partial charge on any atom is -0.508 e. The van der Waals surface area contributed by atoms with Crippen LogP contribution in [0.2, 0.25) is 0 Å². The van der Waals surface area contributed by atoms with Crippen molar-refractivity contribution in [2.24, 2.45) is 23.5 Å². The lowest BCUT2D eigenvalue weighted by Crippen LogP contribution is -2.63. The molecule has 0 saturated carbocycles. The molecule has 1 aliphatic heterocycles. The highest BCUT2D eigenvalue weighted by atomic mass is 16.3. The van der Waals surface area contributed by atoms with E-state index in [9.17, 15) is 33.9 Å². The van der Waals surface area contributed by atoms with Crippen molar-refractivity contribution in [1.29, 1.82) is 0 Å². The van der Waals surface area contributed by atoms with Gasteiger partial charge in [0.05, 0.1) is 0 Å². The maximum Gasteiger partial charge on any atom is 0.243 e. The van der Waals surface area contributed by atoms with Crippen LogP contribution in [0.4, 0.5) is 0 Å². The molecule has 14 nitrogen and oxygen atoms in total. The standard InChI is InChI=1S/C42H63N7O7/c1-7-26(5)35-41(55)46-32(22-25(3)4)39(53)48-36(27(6)8-2)42(56)47-33(24-29-17-19-30(50)20-18-29)38(52)44-31(16-12-13-21-43)37(51)45-34(40(54)49-35)23-28-14-10-9-11-15-28/h9-11,14-15,17-20,25-27,31-36,50H,7-8,12-13,16,21-24,43H2,1-6H3,(H,44,52)(H,45,51)(H,46,55)(H,47,56)(H,48,53)(H,49,54). The number of rotatable bonds is 14. The molecule has 1 aliphatic rings. The maximum absolute atomic E-state index is 14.2. The first-order valence-corrected chi connectivity index (χ1v) is 20.0. The van der Waals surface area contributed by atoms with Gasteiger partial charge >= 0.3 is 0 Å². The lowest BCUT2D eigenvalue weighted by atomic mass is 9.94. The summed E-state index contributed by atoms with van der Waals surface area (Å²) in [4.78, 5) is 84.9. The number of nitrogens with two attached hydrogens (primary N) is 1. The molecule has 0 aliphatic carbocycles. The van der Waals surface area contributed by atoms with Gasteiger partial charge in [-0.1, -0.05) is 96.8 Å². The Kier molecular flexibility index (Phi) is 18.3.